The molecule has 0 bridgehead atoms. The van der Waals surface area contributed by atoms with Crippen molar-refractivity contribution in [3.63, 3.8) is 0 Å². The lowest BCUT2D eigenvalue weighted by Gasteiger charge is -2.20. The van der Waals surface area contributed by atoms with Crippen LogP contribution in [0.3, 0.4) is 0 Å². The first-order chi connectivity index (χ1) is 7.63. The van der Waals surface area contributed by atoms with Gasteiger partial charge in [0.15, 0.2) is 0 Å². The fourth-order valence-electron chi connectivity index (χ4n) is 1.83. The smallest absolute Gasteiger partial charge is 0.220 e. The van der Waals surface area contributed by atoms with E-state index in [1.165, 1.54) is 0 Å². The molecule has 0 aromatic heterocycles. The highest BCUT2D eigenvalue weighted by Gasteiger charge is 2.18. The van der Waals surface area contributed by atoms with Gasteiger partial charge in [0.1, 0.15) is 0 Å². The van der Waals surface area contributed by atoms with Crippen molar-refractivity contribution in [2.45, 2.75) is 51.7 Å². The number of rotatable bonds is 6. The average molecular weight is 292 g/mol. The molecule has 1 fully saturated rings. The van der Waals surface area contributed by atoms with Crippen molar-refractivity contribution in [2.75, 3.05) is 11.9 Å². The molecule has 1 amide bonds. The number of halogens is 1. The van der Waals surface area contributed by atoms with E-state index in [-0.39, 0.29) is 11.9 Å². The number of hydrogen-bond acceptors (Lipinski definition) is 2. The first-order valence-corrected chi connectivity index (χ1v) is 7.22. The van der Waals surface area contributed by atoms with E-state index in [1.807, 2.05) is 0 Å². The molecule has 94 valence electrons. The molecule has 2 unspecified atom stereocenters. The lowest BCUT2D eigenvalue weighted by Crippen LogP contribution is -2.39. The van der Waals surface area contributed by atoms with Crippen LogP contribution >= 0.6 is 15.9 Å². The molecule has 0 aliphatic carbocycles. The Morgan fingerprint density at radius 1 is 1.56 bits per heavy atom. The summed E-state index contributed by atoms with van der Waals surface area (Å²) < 4.78 is 5.49. The molecular formula is C12H22BrNO2. The van der Waals surface area contributed by atoms with E-state index in [9.17, 15) is 4.79 Å². The molecule has 1 aliphatic rings. The Hall–Kier alpha value is -0.0900. The molecule has 0 saturated carbocycles. The Morgan fingerprint density at radius 2 is 2.31 bits per heavy atom. The van der Waals surface area contributed by atoms with Crippen LogP contribution in [0.25, 0.3) is 0 Å². The van der Waals surface area contributed by atoms with Crippen LogP contribution in [0.5, 0.6) is 0 Å². The van der Waals surface area contributed by atoms with Gasteiger partial charge in [-0.25, -0.2) is 0 Å². The van der Waals surface area contributed by atoms with E-state index in [4.69, 9.17) is 4.74 Å². The second-order valence-corrected chi connectivity index (χ2v) is 5.39. The summed E-state index contributed by atoms with van der Waals surface area (Å²) >= 11 is 3.42. The van der Waals surface area contributed by atoms with E-state index in [2.05, 4.69) is 35.1 Å². The Balaban J connectivity index is 2.18. The monoisotopic (exact) mass is 291 g/mol. The quantitative estimate of drug-likeness (QED) is 0.764. The van der Waals surface area contributed by atoms with Gasteiger partial charge >= 0.3 is 0 Å². The van der Waals surface area contributed by atoms with Gasteiger partial charge in [0.05, 0.1) is 6.10 Å². The maximum Gasteiger partial charge on any atom is 0.220 e. The highest BCUT2D eigenvalue weighted by atomic mass is 79.9. The molecule has 3 nitrogen and oxygen atoms in total. The zero-order chi connectivity index (χ0) is 12.0. The maximum absolute atomic E-state index is 11.7. The number of hydrogen-bond donors (Lipinski definition) is 1. The number of ether oxygens (including phenoxy) is 1. The van der Waals surface area contributed by atoms with Crippen molar-refractivity contribution in [1.29, 1.82) is 0 Å². The highest BCUT2D eigenvalue weighted by Crippen LogP contribution is 2.16. The summed E-state index contributed by atoms with van der Waals surface area (Å²) in [6, 6.07) is 0.233. The molecule has 0 aromatic carbocycles. The zero-order valence-corrected chi connectivity index (χ0v) is 11.8. The number of alkyl halides is 1. The predicted octanol–water partition coefficient (Wildman–Crippen LogP) is 2.48. The van der Waals surface area contributed by atoms with Crippen molar-refractivity contribution in [2.24, 2.45) is 5.92 Å². The maximum atomic E-state index is 11.7. The molecule has 4 heteroatoms. The molecule has 0 aromatic rings. The fraction of sp³-hybridized carbons (Fsp3) is 0.917. The minimum absolute atomic E-state index is 0.147. The third-order valence-electron chi connectivity index (χ3n) is 3.03. The first kappa shape index (κ1) is 14.0. The number of amides is 1. The van der Waals surface area contributed by atoms with Crippen molar-refractivity contribution >= 4 is 21.8 Å². The van der Waals surface area contributed by atoms with Gasteiger partial charge in [-0.2, -0.15) is 0 Å². The Bertz CT molecular complexity index is 215. The summed E-state index contributed by atoms with van der Waals surface area (Å²) in [6.07, 6.45) is 4.01. The van der Waals surface area contributed by atoms with Crippen LogP contribution in [0.1, 0.15) is 39.5 Å². The summed E-state index contributed by atoms with van der Waals surface area (Å²) in [5.41, 5.74) is 0. The largest absolute Gasteiger partial charge is 0.378 e. The lowest BCUT2D eigenvalue weighted by atomic mass is 10.1. The van der Waals surface area contributed by atoms with Gasteiger partial charge in [-0.3, -0.25) is 4.79 Å². The van der Waals surface area contributed by atoms with Crippen molar-refractivity contribution in [3.05, 3.63) is 0 Å². The van der Waals surface area contributed by atoms with Crippen molar-refractivity contribution in [3.8, 4) is 0 Å². The van der Waals surface area contributed by atoms with E-state index in [1.54, 1.807) is 0 Å². The van der Waals surface area contributed by atoms with E-state index in [0.29, 0.717) is 18.4 Å². The van der Waals surface area contributed by atoms with Crippen LogP contribution in [0.15, 0.2) is 0 Å². The molecule has 2 atom stereocenters. The zero-order valence-electron chi connectivity index (χ0n) is 10.2. The topological polar surface area (TPSA) is 38.3 Å². The standard InChI is InChI=1S/C12H22BrNO2/c1-9(2)11(8-13)14-12(15)6-5-10-4-3-7-16-10/h9-11H,3-8H2,1-2H3,(H,14,15). The normalized spacial score (nSPS) is 22.4. The van der Waals surface area contributed by atoms with E-state index < -0.39 is 0 Å². The Labute approximate surface area is 106 Å². The molecule has 1 saturated heterocycles. The Morgan fingerprint density at radius 3 is 2.81 bits per heavy atom. The van der Waals surface area contributed by atoms with Gasteiger partial charge in [-0.1, -0.05) is 29.8 Å². The predicted molar refractivity (Wildman–Crippen MR) is 68.8 cm³/mol. The van der Waals surface area contributed by atoms with Crippen LogP contribution in [0.2, 0.25) is 0 Å². The second-order valence-electron chi connectivity index (χ2n) is 4.75. The molecule has 1 heterocycles. The number of carbonyl (C=O) groups excluding carboxylic acids is 1. The lowest BCUT2D eigenvalue weighted by molar-refractivity contribution is -0.122. The number of carbonyl (C=O) groups is 1. The van der Waals surface area contributed by atoms with Gasteiger partial charge in [-0.15, -0.1) is 0 Å². The van der Waals surface area contributed by atoms with Crippen LogP contribution in [-0.4, -0.2) is 30.0 Å². The highest BCUT2D eigenvalue weighted by molar-refractivity contribution is 9.09. The van der Waals surface area contributed by atoms with Crippen LogP contribution in [-0.2, 0) is 9.53 Å². The van der Waals surface area contributed by atoms with Crippen LogP contribution < -0.4 is 5.32 Å². The van der Waals surface area contributed by atoms with Crippen molar-refractivity contribution in [1.82, 2.24) is 5.32 Å². The van der Waals surface area contributed by atoms with Gasteiger partial charge in [0.2, 0.25) is 5.91 Å². The van der Waals surface area contributed by atoms with Gasteiger partial charge in [0, 0.05) is 24.4 Å². The van der Waals surface area contributed by atoms with E-state index in [0.717, 1.165) is 31.2 Å². The summed E-state index contributed by atoms with van der Waals surface area (Å²) in [6.45, 7) is 5.10. The van der Waals surface area contributed by atoms with Crippen LogP contribution in [0.4, 0.5) is 0 Å². The minimum atomic E-state index is 0.147. The molecule has 1 aliphatic heterocycles. The van der Waals surface area contributed by atoms with Crippen molar-refractivity contribution < 1.29 is 9.53 Å². The molecule has 0 spiro atoms. The molecular weight excluding hydrogens is 270 g/mol. The van der Waals surface area contributed by atoms with Gasteiger partial charge < -0.3 is 10.1 Å². The third-order valence-corrected chi connectivity index (χ3v) is 3.73. The summed E-state index contributed by atoms with van der Waals surface area (Å²) in [7, 11) is 0. The summed E-state index contributed by atoms with van der Waals surface area (Å²) in [4.78, 5) is 11.7. The minimum Gasteiger partial charge on any atom is -0.378 e. The summed E-state index contributed by atoms with van der Waals surface area (Å²) in [5.74, 6) is 0.611. The third kappa shape index (κ3) is 4.83. The summed E-state index contributed by atoms with van der Waals surface area (Å²) in [5, 5.41) is 3.86. The van der Waals surface area contributed by atoms with Crippen LogP contribution in [0, 0.1) is 5.92 Å². The molecule has 0 radical (unpaired) electrons. The van der Waals surface area contributed by atoms with Gasteiger partial charge in [0.25, 0.3) is 0 Å². The fourth-order valence-corrected chi connectivity index (χ4v) is 2.74. The number of nitrogens with one attached hydrogen (secondary N) is 1. The van der Waals surface area contributed by atoms with Gasteiger partial charge in [-0.05, 0) is 25.2 Å². The Kier molecular flexibility index (Phi) is 6.36. The second kappa shape index (κ2) is 7.28. The van der Waals surface area contributed by atoms with E-state index >= 15 is 0 Å². The SMILES string of the molecule is CC(C)C(CBr)NC(=O)CCC1CCCO1. The molecule has 1 rings (SSSR count). The average Bonchev–Trinajstić information content (AvgIpc) is 2.75. The first-order valence-electron chi connectivity index (χ1n) is 6.10. The molecule has 16 heavy (non-hydrogen) atoms. The molecule has 1 N–H and O–H groups in total.